The van der Waals surface area contributed by atoms with Crippen molar-refractivity contribution >= 4 is 43.4 Å². The summed E-state index contributed by atoms with van der Waals surface area (Å²) in [6, 6.07) is 14.0. The van der Waals surface area contributed by atoms with E-state index < -0.39 is 10.0 Å². The number of rotatable bonds is 6. The van der Waals surface area contributed by atoms with Gasteiger partial charge in [0.25, 0.3) is 5.91 Å². The van der Waals surface area contributed by atoms with Gasteiger partial charge in [-0.2, -0.15) is 4.31 Å². The second kappa shape index (κ2) is 9.50. The summed E-state index contributed by atoms with van der Waals surface area (Å²) in [4.78, 5) is 15.3. The number of carbonyl (C=O) groups is 1. The van der Waals surface area contributed by atoms with E-state index in [0.29, 0.717) is 20.5 Å². The Balaban J connectivity index is 1.49. The first kappa shape index (κ1) is 22.6. The van der Waals surface area contributed by atoms with Gasteiger partial charge < -0.3 is 9.64 Å². The lowest BCUT2D eigenvalue weighted by Crippen LogP contribution is -2.50. The fourth-order valence-corrected chi connectivity index (χ4v) is 6.09. The van der Waals surface area contributed by atoms with Crippen molar-refractivity contribution in [1.82, 2.24) is 9.21 Å². The van der Waals surface area contributed by atoms with Gasteiger partial charge in [-0.3, -0.25) is 4.79 Å². The van der Waals surface area contributed by atoms with Crippen LogP contribution in [0, 0.1) is 5.82 Å². The van der Waals surface area contributed by atoms with E-state index in [1.165, 1.54) is 34.2 Å². The van der Waals surface area contributed by atoms with Gasteiger partial charge in [0.1, 0.15) is 5.82 Å². The highest BCUT2D eigenvalue weighted by Crippen LogP contribution is 2.34. The molecule has 0 saturated carbocycles. The van der Waals surface area contributed by atoms with Crippen LogP contribution in [0.25, 0.3) is 16.2 Å². The summed E-state index contributed by atoms with van der Waals surface area (Å²) in [7, 11) is -2.09. The number of carbonyl (C=O) groups excluding carboxylic acids is 1. The number of benzene rings is 2. The Labute approximate surface area is 190 Å². The molecule has 0 unspecified atom stereocenters. The quantitative estimate of drug-likeness (QED) is 0.543. The largest absolute Gasteiger partial charge is 0.380 e. The van der Waals surface area contributed by atoms with Crippen molar-refractivity contribution < 1.29 is 22.3 Å². The van der Waals surface area contributed by atoms with Crippen LogP contribution in [0.15, 0.2) is 53.9 Å². The molecule has 1 aromatic heterocycles. The third-order valence-corrected chi connectivity index (χ3v) is 8.11. The zero-order chi connectivity index (χ0) is 22.7. The highest BCUT2D eigenvalue weighted by atomic mass is 32.2. The molecule has 0 radical (unpaired) electrons. The number of sulfonamides is 1. The Morgan fingerprint density at radius 1 is 1.09 bits per heavy atom. The van der Waals surface area contributed by atoms with E-state index in [0.717, 1.165) is 5.56 Å². The third-order valence-electron chi connectivity index (χ3n) is 5.36. The summed E-state index contributed by atoms with van der Waals surface area (Å²) in [5.41, 5.74) is 1.34. The van der Waals surface area contributed by atoms with Gasteiger partial charge >= 0.3 is 0 Å². The van der Waals surface area contributed by atoms with Gasteiger partial charge in [0.2, 0.25) is 10.0 Å². The van der Waals surface area contributed by atoms with Gasteiger partial charge in [0.05, 0.1) is 11.5 Å². The summed E-state index contributed by atoms with van der Waals surface area (Å²) in [5.74, 6) is -0.611. The van der Waals surface area contributed by atoms with Crippen molar-refractivity contribution in [3.63, 3.8) is 0 Å². The zero-order valence-electron chi connectivity index (χ0n) is 17.5. The molecule has 1 saturated heterocycles. The number of piperazine rings is 1. The number of ether oxygens (including phenoxy) is 1. The Morgan fingerprint density at radius 3 is 2.50 bits per heavy atom. The van der Waals surface area contributed by atoms with Crippen LogP contribution in [0.1, 0.15) is 20.8 Å². The number of nitrogens with zero attached hydrogens (tertiary/aromatic N) is 2. The predicted molar refractivity (Wildman–Crippen MR) is 124 cm³/mol. The molecule has 0 bridgehead atoms. The highest BCUT2D eigenvalue weighted by molar-refractivity contribution is 7.92. The average Bonchev–Trinajstić information content (AvgIpc) is 3.18. The van der Waals surface area contributed by atoms with Crippen molar-refractivity contribution in [1.29, 1.82) is 0 Å². The molecule has 0 atom stereocenters. The Bertz CT molecular complexity index is 1250. The molecule has 0 aliphatic carbocycles. The van der Waals surface area contributed by atoms with Gasteiger partial charge in [-0.05, 0) is 23.8 Å². The minimum Gasteiger partial charge on any atom is -0.380 e. The number of halogens is 1. The van der Waals surface area contributed by atoms with Crippen molar-refractivity contribution in [2.24, 2.45) is 0 Å². The number of methoxy groups -OCH3 is 1. The lowest BCUT2D eigenvalue weighted by molar-refractivity contribution is 0.0699. The molecule has 9 heteroatoms. The monoisotopic (exact) mass is 474 g/mol. The van der Waals surface area contributed by atoms with E-state index in [-0.39, 0.29) is 44.5 Å². The van der Waals surface area contributed by atoms with Crippen molar-refractivity contribution in [2.45, 2.75) is 6.61 Å². The molecule has 1 aliphatic rings. The van der Waals surface area contributed by atoms with Gasteiger partial charge in [-0.25, -0.2) is 12.8 Å². The first-order chi connectivity index (χ1) is 15.4. The molecule has 3 aromatic rings. The fraction of sp³-hybridized carbons (Fsp3) is 0.261. The Hall–Kier alpha value is -2.59. The van der Waals surface area contributed by atoms with Crippen LogP contribution in [0.5, 0.6) is 0 Å². The van der Waals surface area contributed by atoms with E-state index in [4.69, 9.17) is 4.74 Å². The number of amides is 1. The first-order valence-corrected chi connectivity index (χ1v) is 12.4. The molecule has 0 spiro atoms. The molecule has 6 nitrogen and oxygen atoms in total. The molecular weight excluding hydrogens is 451 g/mol. The molecule has 1 amide bonds. The number of hydrogen-bond acceptors (Lipinski definition) is 5. The zero-order valence-corrected chi connectivity index (χ0v) is 19.2. The van der Waals surface area contributed by atoms with Crippen LogP contribution in [0.3, 0.4) is 0 Å². The van der Waals surface area contributed by atoms with Crippen LogP contribution in [-0.4, -0.2) is 56.8 Å². The molecule has 168 valence electrons. The fourth-order valence-electron chi connectivity index (χ4n) is 3.73. The van der Waals surface area contributed by atoms with Crippen molar-refractivity contribution in [3.05, 3.63) is 75.8 Å². The molecule has 1 fully saturated rings. The van der Waals surface area contributed by atoms with E-state index >= 15 is 0 Å². The van der Waals surface area contributed by atoms with E-state index in [1.807, 2.05) is 30.3 Å². The molecule has 2 heterocycles. The maximum Gasteiger partial charge on any atom is 0.264 e. The molecular formula is C23H23FN2O4S2. The van der Waals surface area contributed by atoms with Gasteiger partial charge in [0.15, 0.2) is 0 Å². The average molecular weight is 475 g/mol. The molecule has 1 aliphatic heterocycles. The maximum absolute atomic E-state index is 14.4. The van der Waals surface area contributed by atoms with E-state index in [2.05, 4.69) is 0 Å². The predicted octanol–water partition coefficient (Wildman–Crippen LogP) is 3.95. The summed E-state index contributed by atoms with van der Waals surface area (Å²) in [5, 5.41) is 1.61. The maximum atomic E-state index is 14.4. The molecule has 4 rings (SSSR count). The van der Waals surface area contributed by atoms with E-state index in [1.54, 1.807) is 23.1 Å². The van der Waals surface area contributed by atoms with Crippen LogP contribution < -0.4 is 0 Å². The first-order valence-electron chi connectivity index (χ1n) is 10.1. The Kier molecular flexibility index (Phi) is 6.71. The molecule has 0 N–H and O–H groups in total. The van der Waals surface area contributed by atoms with Crippen LogP contribution in [0.2, 0.25) is 0 Å². The number of hydrogen-bond donors (Lipinski definition) is 0. The number of fused-ring (bicyclic) bond motifs is 1. The molecule has 32 heavy (non-hydrogen) atoms. The highest BCUT2D eigenvalue weighted by Gasteiger charge is 2.30. The van der Waals surface area contributed by atoms with Crippen LogP contribution >= 0.6 is 11.3 Å². The second-order valence-electron chi connectivity index (χ2n) is 7.41. The topological polar surface area (TPSA) is 66.9 Å². The summed E-state index contributed by atoms with van der Waals surface area (Å²) in [6.45, 7) is 1.06. The van der Waals surface area contributed by atoms with Gasteiger partial charge in [-0.1, -0.05) is 36.4 Å². The lowest BCUT2D eigenvalue weighted by Gasteiger charge is -2.33. The normalized spacial score (nSPS) is 15.6. The molecule has 2 aromatic carbocycles. The lowest BCUT2D eigenvalue weighted by atomic mass is 10.1. The summed E-state index contributed by atoms with van der Waals surface area (Å²) in [6.07, 6.45) is 1.57. The summed E-state index contributed by atoms with van der Waals surface area (Å²) >= 11 is 1.24. The minimum absolute atomic E-state index is 0.126. The van der Waals surface area contributed by atoms with Crippen LogP contribution in [0.4, 0.5) is 4.39 Å². The van der Waals surface area contributed by atoms with Gasteiger partial charge in [-0.15, -0.1) is 11.3 Å². The SMILES string of the molecule is COCc1c(C(=O)N2CCN(S(=O)(=O)/C=C/c3ccccc3)CC2)sc2cccc(F)c12. The van der Waals surface area contributed by atoms with Gasteiger partial charge in [0, 0.05) is 54.3 Å². The summed E-state index contributed by atoms with van der Waals surface area (Å²) < 4.78 is 47.1. The van der Waals surface area contributed by atoms with Crippen molar-refractivity contribution in [2.75, 3.05) is 33.3 Å². The smallest absolute Gasteiger partial charge is 0.264 e. The Morgan fingerprint density at radius 2 is 1.81 bits per heavy atom. The third kappa shape index (κ3) is 4.61. The standard InChI is InChI=1S/C23H23FN2O4S2/c1-30-16-18-21-19(24)8-5-9-20(21)31-22(18)23(27)25-11-13-26(14-12-25)32(28,29)15-10-17-6-3-2-4-7-17/h2-10,15H,11-14,16H2,1H3/b15-10+. The van der Waals surface area contributed by atoms with E-state index in [9.17, 15) is 17.6 Å². The van der Waals surface area contributed by atoms with Crippen LogP contribution in [-0.2, 0) is 21.4 Å². The minimum atomic E-state index is -3.59. The second-order valence-corrected chi connectivity index (χ2v) is 10.3. The van der Waals surface area contributed by atoms with Crippen molar-refractivity contribution in [3.8, 4) is 0 Å². The number of thiophene rings is 1.